The summed E-state index contributed by atoms with van der Waals surface area (Å²) in [5.74, 6) is -0.984. The van der Waals surface area contributed by atoms with Gasteiger partial charge in [-0.1, -0.05) is 18.2 Å². The molecule has 1 aromatic carbocycles. The van der Waals surface area contributed by atoms with Crippen LogP contribution in [0.5, 0.6) is 0 Å². The molecule has 1 unspecified atom stereocenters. The quantitative estimate of drug-likeness (QED) is 0.650. The molecule has 1 fully saturated rings. The molecule has 2 rings (SSSR count). The zero-order valence-corrected chi connectivity index (χ0v) is 11.8. The number of rotatable bonds is 5. The molecule has 0 radical (unpaired) electrons. The molecule has 1 aliphatic heterocycles. The Kier molecular flexibility index (Phi) is 4.54. The Morgan fingerprint density at radius 2 is 2.05 bits per heavy atom. The standard InChI is InChI=1S/C14H18N2O5/c1-14(13(17)18,15-6-8-21-9-7-15)10-11-4-2-3-5-12(11)16(19)20/h2-5H,6-10H2,1H3,(H,17,18). The Balaban J connectivity index is 2.32. The Morgan fingerprint density at radius 3 is 2.62 bits per heavy atom. The van der Waals surface area contributed by atoms with Crippen LogP contribution in [0.4, 0.5) is 5.69 Å². The third kappa shape index (κ3) is 3.20. The van der Waals surface area contributed by atoms with E-state index < -0.39 is 16.4 Å². The van der Waals surface area contributed by atoms with Crippen molar-refractivity contribution in [2.45, 2.75) is 18.9 Å². The molecule has 0 bridgehead atoms. The minimum Gasteiger partial charge on any atom is -0.480 e. The van der Waals surface area contributed by atoms with Gasteiger partial charge in [-0.15, -0.1) is 0 Å². The molecule has 1 heterocycles. The van der Waals surface area contributed by atoms with Crippen molar-refractivity contribution in [3.05, 3.63) is 39.9 Å². The van der Waals surface area contributed by atoms with Gasteiger partial charge in [-0.2, -0.15) is 0 Å². The molecule has 1 atom stereocenters. The van der Waals surface area contributed by atoms with Gasteiger partial charge in [-0.05, 0) is 6.92 Å². The van der Waals surface area contributed by atoms with E-state index in [4.69, 9.17) is 4.74 Å². The van der Waals surface area contributed by atoms with Gasteiger partial charge in [0.25, 0.3) is 5.69 Å². The average Bonchev–Trinajstić information content (AvgIpc) is 2.48. The average molecular weight is 294 g/mol. The fraction of sp³-hybridized carbons (Fsp3) is 0.500. The Hall–Kier alpha value is -1.99. The summed E-state index contributed by atoms with van der Waals surface area (Å²) in [7, 11) is 0. The fourth-order valence-corrected chi connectivity index (χ4v) is 2.59. The minimum atomic E-state index is -1.18. The third-order valence-electron chi connectivity index (χ3n) is 3.89. The Labute approximate surface area is 122 Å². The summed E-state index contributed by atoms with van der Waals surface area (Å²) < 4.78 is 5.24. The van der Waals surface area contributed by atoms with Crippen LogP contribution in [0, 0.1) is 10.1 Å². The SMILES string of the molecule is CC(Cc1ccccc1[N+](=O)[O-])(C(=O)O)N1CCOCC1. The van der Waals surface area contributed by atoms with Crippen molar-refractivity contribution in [1.82, 2.24) is 4.90 Å². The number of nitrogens with zero attached hydrogens (tertiary/aromatic N) is 2. The van der Waals surface area contributed by atoms with E-state index in [2.05, 4.69) is 0 Å². The summed E-state index contributed by atoms with van der Waals surface area (Å²) in [6, 6.07) is 6.27. The zero-order chi connectivity index (χ0) is 15.5. The topological polar surface area (TPSA) is 92.9 Å². The highest BCUT2D eigenvalue weighted by atomic mass is 16.6. The largest absolute Gasteiger partial charge is 0.480 e. The molecule has 1 aliphatic rings. The molecule has 1 saturated heterocycles. The van der Waals surface area contributed by atoms with Crippen LogP contribution in [0.15, 0.2) is 24.3 Å². The molecule has 0 spiro atoms. The first kappa shape index (κ1) is 15.4. The molecule has 0 amide bonds. The third-order valence-corrected chi connectivity index (χ3v) is 3.89. The van der Waals surface area contributed by atoms with Gasteiger partial charge in [0, 0.05) is 31.1 Å². The van der Waals surface area contributed by atoms with Crippen LogP contribution in [0.3, 0.4) is 0 Å². The molecular formula is C14H18N2O5. The number of ether oxygens (including phenoxy) is 1. The van der Waals surface area contributed by atoms with Crippen LogP contribution in [0.1, 0.15) is 12.5 Å². The number of hydrogen-bond donors (Lipinski definition) is 1. The molecule has 7 nitrogen and oxygen atoms in total. The number of carboxylic acids is 1. The second-order valence-corrected chi connectivity index (χ2v) is 5.24. The number of morpholine rings is 1. The van der Waals surface area contributed by atoms with E-state index in [9.17, 15) is 20.0 Å². The van der Waals surface area contributed by atoms with E-state index in [0.29, 0.717) is 31.9 Å². The van der Waals surface area contributed by atoms with Crippen molar-refractivity contribution in [1.29, 1.82) is 0 Å². The van der Waals surface area contributed by atoms with Gasteiger partial charge in [-0.3, -0.25) is 19.8 Å². The summed E-state index contributed by atoms with van der Waals surface area (Å²) >= 11 is 0. The van der Waals surface area contributed by atoms with E-state index in [-0.39, 0.29) is 12.1 Å². The molecule has 0 aliphatic carbocycles. The van der Waals surface area contributed by atoms with Crippen LogP contribution < -0.4 is 0 Å². The summed E-state index contributed by atoms with van der Waals surface area (Å²) in [5, 5.41) is 20.7. The van der Waals surface area contributed by atoms with Crippen molar-refractivity contribution in [3.8, 4) is 0 Å². The number of para-hydroxylation sites is 1. The van der Waals surface area contributed by atoms with Crippen molar-refractivity contribution in [2.24, 2.45) is 0 Å². The molecule has 1 N–H and O–H groups in total. The summed E-state index contributed by atoms with van der Waals surface area (Å²) in [5.41, 5.74) is -0.798. The van der Waals surface area contributed by atoms with Crippen molar-refractivity contribution in [2.75, 3.05) is 26.3 Å². The van der Waals surface area contributed by atoms with Crippen molar-refractivity contribution < 1.29 is 19.6 Å². The zero-order valence-electron chi connectivity index (χ0n) is 11.8. The number of hydrogen-bond acceptors (Lipinski definition) is 5. The number of nitro benzene ring substituents is 1. The van der Waals surface area contributed by atoms with E-state index in [1.807, 2.05) is 4.90 Å². The lowest BCUT2D eigenvalue weighted by Gasteiger charge is -2.40. The normalized spacial score (nSPS) is 18.9. The maximum Gasteiger partial charge on any atom is 0.324 e. The van der Waals surface area contributed by atoms with Gasteiger partial charge >= 0.3 is 5.97 Å². The highest BCUT2D eigenvalue weighted by Crippen LogP contribution is 2.27. The lowest BCUT2D eigenvalue weighted by atomic mass is 9.89. The van der Waals surface area contributed by atoms with E-state index in [0.717, 1.165) is 0 Å². The monoisotopic (exact) mass is 294 g/mol. The second kappa shape index (κ2) is 6.19. The molecule has 21 heavy (non-hydrogen) atoms. The summed E-state index contributed by atoms with van der Waals surface area (Å²) in [6.07, 6.45) is 0.0828. The smallest absolute Gasteiger partial charge is 0.324 e. The van der Waals surface area contributed by atoms with E-state index in [1.54, 1.807) is 25.1 Å². The van der Waals surface area contributed by atoms with Gasteiger partial charge in [0.05, 0.1) is 18.1 Å². The van der Waals surface area contributed by atoms with Gasteiger partial charge in [0.1, 0.15) is 5.54 Å². The summed E-state index contributed by atoms with van der Waals surface area (Å²) in [4.78, 5) is 24.2. The van der Waals surface area contributed by atoms with Gasteiger partial charge in [-0.25, -0.2) is 0 Å². The van der Waals surface area contributed by atoms with E-state index in [1.165, 1.54) is 6.07 Å². The number of nitro groups is 1. The maximum absolute atomic E-state index is 11.8. The van der Waals surface area contributed by atoms with Crippen LogP contribution in [0.2, 0.25) is 0 Å². The number of aliphatic carboxylic acids is 1. The van der Waals surface area contributed by atoms with Crippen molar-refractivity contribution >= 4 is 11.7 Å². The van der Waals surface area contributed by atoms with Gasteiger partial charge in [0.2, 0.25) is 0 Å². The number of carbonyl (C=O) groups is 1. The highest BCUT2D eigenvalue weighted by molar-refractivity contribution is 5.79. The maximum atomic E-state index is 11.8. The predicted octanol–water partition coefficient (Wildman–Crippen LogP) is 1.31. The fourth-order valence-electron chi connectivity index (χ4n) is 2.59. The van der Waals surface area contributed by atoms with Crippen LogP contribution >= 0.6 is 0 Å². The van der Waals surface area contributed by atoms with Gasteiger partial charge < -0.3 is 9.84 Å². The number of carboxylic acid groups (broad SMARTS) is 1. The van der Waals surface area contributed by atoms with Crippen molar-refractivity contribution in [3.63, 3.8) is 0 Å². The lowest BCUT2D eigenvalue weighted by molar-refractivity contribution is -0.385. The molecule has 7 heteroatoms. The van der Waals surface area contributed by atoms with Crippen LogP contribution in [-0.4, -0.2) is 52.7 Å². The molecule has 0 saturated carbocycles. The first-order chi connectivity index (χ1) is 9.95. The molecule has 114 valence electrons. The summed E-state index contributed by atoms with van der Waals surface area (Å²) in [6.45, 7) is 3.56. The highest BCUT2D eigenvalue weighted by Gasteiger charge is 2.41. The minimum absolute atomic E-state index is 0.0433. The first-order valence-electron chi connectivity index (χ1n) is 6.73. The number of benzene rings is 1. The molecule has 0 aromatic heterocycles. The van der Waals surface area contributed by atoms with Crippen LogP contribution in [-0.2, 0) is 16.0 Å². The Morgan fingerprint density at radius 1 is 1.43 bits per heavy atom. The predicted molar refractivity (Wildman–Crippen MR) is 75.2 cm³/mol. The first-order valence-corrected chi connectivity index (χ1v) is 6.73. The Bertz CT molecular complexity index is 542. The van der Waals surface area contributed by atoms with E-state index >= 15 is 0 Å². The van der Waals surface area contributed by atoms with Gasteiger partial charge in [0.15, 0.2) is 0 Å². The van der Waals surface area contributed by atoms with Crippen LogP contribution in [0.25, 0.3) is 0 Å². The molecular weight excluding hydrogens is 276 g/mol. The molecule has 1 aromatic rings. The second-order valence-electron chi connectivity index (χ2n) is 5.24. The lowest BCUT2D eigenvalue weighted by Crippen LogP contribution is -2.57.